The summed E-state index contributed by atoms with van der Waals surface area (Å²) in [5, 5.41) is 12.8. The molecule has 0 aliphatic carbocycles. The van der Waals surface area contributed by atoms with Crippen molar-refractivity contribution in [2.45, 2.75) is 31.2 Å². The first-order chi connectivity index (χ1) is 23.5. The van der Waals surface area contributed by atoms with Crippen LogP contribution in [-0.2, 0) is 20.4 Å². The number of benzene rings is 2. The average Bonchev–Trinajstić information content (AvgIpc) is 3.32. The van der Waals surface area contributed by atoms with Gasteiger partial charge in [-0.1, -0.05) is 13.8 Å². The lowest BCUT2D eigenvalue weighted by Gasteiger charge is -2.60. The van der Waals surface area contributed by atoms with Gasteiger partial charge in [-0.15, -0.1) is 0 Å². The molecule has 2 aromatic carbocycles. The Kier molecular flexibility index (Phi) is 9.27. The number of carbonyl (C=O) groups excluding carboxylic acids is 2. The number of fused-ring (bicyclic) bond motifs is 1. The minimum Gasteiger partial charge on any atom is -0.497 e. The molecule has 14 heteroatoms. The van der Waals surface area contributed by atoms with Gasteiger partial charge in [0, 0.05) is 56.4 Å². The van der Waals surface area contributed by atoms with Crippen molar-refractivity contribution in [2.24, 2.45) is 5.41 Å². The first-order valence-electron chi connectivity index (χ1n) is 16.4. The van der Waals surface area contributed by atoms with Crippen LogP contribution in [0.3, 0.4) is 0 Å². The number of pyridine rings is 1. The fraction of sp³-hybridized carbons (Fsp3) is 0.429. The highest BCUT2D eigenvalue weighted by Gasteiger charge is 2.60. The fourth-order valence-electron chi connectivity index (χ4n) is 7.16. The summed E-state index contributed by atoms with van der Waals surface area (Å²) in [6, 6.07) is 14.7. The molecule has 3 aliphatic heterocycles. The number of aromatic nitrogens is 1. The van der Waals surface area contributed by atoms with Crippen molar-refractivity contribution in [2.75, 3.05) is 70.4 Å². The summed E-state index contributed by atoms with van der Waals surface area (Å²) in [6.45, 7) is 13.0. The normalized spacial score (nSPS) is 19.6. The molecule has 3 aliphatic rings. The summed E-state index contributed by atoms with van der Waals surface area (Å²) in [5.41, 5.74) is -1.64. The molecule has 0 saturated carbocycles. The second kappa shape index (κ2) is 13.3. The highest BCUT2D eigenvalue weighted by molar-refractivity contribution is 7.93. The summed E-state index contributed by atoms with van der Waals surface area (Å²) in [4.78, 5) is 39.8. The van der Waals surface area contributed by atoms with Crippen LogP contribution in [-0.4, -0.2) is 106 Å². The molecule has 4 heterocycles. The number of hydrogen-bond donors (Lipinski definition) is 1. The van der Waals surface area contributed by atoms with Crippen LogP contribution in [0.4, 0.5) is 10.5 Å². The van der Waals surface area contributed by atoms with Crippen molar-refractivity contribution in [3.8, 4) is 17.7 Å². The first-order valence-corrected chi connectivity index (χ1v) is 17.9. The Morgan fingerprint density at radius 1 is 1.04 bits per heavy atom. The lowest BCUT2D eigenvalue weighted by Crippen LogP contribution is -2.74. The molecule has 1 N–H and O–H groups in total. The van der Waals surface area contributed by atoms with E-state index in [0.29, 0.717) is 23.1 Å². The van der Waals surface area contributed by atoms with Crippen molar-refractivity contribution in [1.82, 2.24) is 25.0 Å². The number of amides is 3. The molecule has 0 unspecified atom stereocenters. The van der Waals surface area contributed by atoms with E-state index in [9.17, 15) is 23.3 Å². The minimum absolute atomic E-state index is 0.00864. The first kappa shape index (κ1) is 34.2. The molecule has 0 radical (unpaired) electrons. The molecule has 1 aromatic heterocycles. The van der Waals surface area contributed by atoms with Gasteiger partial charge in [0.1, 0.15) is 5.75 Å². The Labute approximate surface area is 287 Å². The number of likely N-dealkylation sites (N-methyl/N-ethyl adjacent to an activating group) is 1. The van der Waals surface area contributed by atoms with E-state index in [1.165, 1.54) is 55.8 Å². The van der Waals surface area contributed by atoms with E-state index in [1.54, 1.807) is 24.0 Å². The predicted molar refractivity (Wildman–Crippen MR) is 182 cm³/mol. The van der Waals surface area contributed by atoms with E-state index >= 15 is 0 Å². The number of ether oxygens (including phenoxy) is 2. The summed E-state index contributed by atoms with van der Waals surface area (Å²) >= 11 is 0. The lowest BCUT2D eigenvalue weighted by molar-refractivity contribution is -0.122. The average molecular weight is 688 g/mol. The second-order valence-electron chi connectivity index (χ2n) is 12.7. The number of carbonyl (C=O) groups is 2. The molecule has 1 spiro atoms. The van der Waals surface area contributed by atoms with Gasteiger partial charge in [0.15, 0.2) is 5.54 Å². The molecular weight excluding hydrogens is 646 g/mol. The topological polar surface area (TPSA) is 148 Å². The minimum atomic E-state index is -4.52. The van der Waals surface area contributed by atoms with Gasteiger partial charge in [-0.25, -0.2) is 18.2 Å². The molecule has 2 fully saturated rings. The van der Waals surface area contributed by atoms with Crippen LogP contribution in [0.25, 0.3) is 0 Å². The van der Waals surface area contributed by atoms with Crippen LogP contribution in [0.2, 0.25) is 0 Å². The Hall–Kier alpha value is -4.71. The zero-order chi connectivity index (χ0) is 35.0. The SMILES string of the molecule is CCOc1ncccc1[C@@]1(NC(=O)N2CC3(CN(CCN(CC)CC)C3)C2)C(=O)N(S(=O)(=O)c2ccc(OC)cc2)c2ccc(C#N)cc21. The molecule has 2 saturated heterocycles. The van der Waals surface area contributed by atoms with Crippen molar-refractivity contribution < 1.29 is 27.5 Å². The standard InChI is InChI=1S/C35H41N7O6S/c1-5-39(6-2)17-18-40-21-34(22-40)23-41(24-34)33(44)38-35(28-9-8-16-37-31(28)48-7-3)29-19-25(20-36)10-15-30(29)42(32(35)43)49(45,46)27-13-11-26(47-4)12-14-27/h8-16,19H,5-7,17-18,21-24H2,1-4H3,(H,38,44)/t35-/m0/s1. The van der Waals surface area contributed by atoms with Gasteiger partial charge in [-0.2, -0.15) is 9.57 Å². The Morgan fingerprint density at radius 3 is 2.39 bits per heavy atom. The monoisotopic (exact) mass is 687 g/mol. The van der Waals surface area contributed by atoms with Gasteiger partial charge in [0.25, 0.3) is 15.9 Å². The number of methoxy groups -OCH3 is 1. The fourth-order valence-corrected chi connectivity index (χ4v) is 8.62. The number of rotatable bonds is 12. The molecule has 3 amide bonds. The number of likely N-dealkylation sites (tertiary alicyclic amines) is 2. The van der Waals surface area contributed by atoms with E-state index in [1.807, 2.05) is 0 Å². The molecular formula is C35H41N7O6S. The molecule has 0 bridgehead atoms. The Morgan fingerprint density at radius 2 is 1.76 bits per heavy atom. The molecule has 49 heavy (non-hydrogen) atoms. The summed E-state index contributed by atoms with van der Waals surface area (Å²) in [5.74, 6) is -0.453. The highest BCUT2D eigenvalue weighted by Crippen LogP contribution is 2.50. The van der Waals surface area contributed by atoms with Gasteiger partial charge >= 0.3 is 6.03 Å². The smallest absolute Gasteiger partial charge is 0.318 e. The van der Waals surface area contributed by atoms with E-state index < -0.39 is 27.5 Å². The number of nitrogens with one attached hydrogen (secondary N) is 1. The van der Waals surface area contributed by atoms with Crippen LogP contribution in [0, 0.1) is 16.7 Å². The summed E-state index contributed by atoms with van der Waals surface area (Å²) < 4.78 is 40.3. The van der Waals surface area contributed by atoms with E-state index in [0.717, 1.165) is 39.3 Å². The van der Waals surface area contributed by atoms with Crippen LogP contribution in [0.1, 0.15) is 37.5 Å². The summed E-state index contributed by atoms with van der Waals surface area (Å²) in [6.07, 6.45) is 1.49. The Balaban J connectivity index is 1.37. The zero-order valence-corrected chi connectivity index (χ0v) is 29.0. The van der Waals surface area contributed by atoms with Crippen LogP contribution >= 0.6 is 0 Å². The number of anilines is 1. The van der Waals surface area contributed by atoms with Crippen LogP contribution in [0.15, 0.2) is 65.7 Å². The van der Waals surface area contributed by atoms with Crippen molar-refractivity contribution >= 4 is 27.6 Å². The third kappa shape index (κ3) is 5.85. The zero-order valence-electron chi connectivity index (χ0n) is 28.2. The third-order valence-corrected chi connectivity index (χ3v) is 11.4. The molecule has 6 rings (SSSR count). The second-order valence-corrected chi connectivity index (χ2v) is 14.4. The van der Waals surface area contributed by atoms with E-state index in [4.69, 9.17) is 9.47 Å². The van der Waals surface area contributed by atoms with Crippen LogP contribution < -0.4 is 19.1 Å². The maximum atomic E-state index is 15.0. The van der Waals surface area contributed by atoms with Crippen molar-refractivity contribution in [3.05, 3.63) is 77.5 Å². The maximum absolute atomic E-state index is 15.0. The molecule has 13 nitrogen and oxygen atoms in total. The number of hydrogen-bond acceptors (Lipinski definition) is 10. The van der Waals surface area contributed by atoms with E-state index in [-0.39, 0.29) is 45.2 Å². The van der Waals surface area contributed by atoms with Gasteiger partial charge in [-0.05, 0) is 74.6 Å². The quantitative estimate of drug-likeness (QED) is 0.301. The molecule has 1 atom stereocenters. The maximum Gasteiger partial charge on any atom is 0.318 e. The van der Waals surface area contributed by atoms with Gasteiger partial charge in [-0.3, -0.25) is 4.79 Å². The molecule has 258 valence electrons. The number of sulfonamides is 1. The van der Waals surface area contributed by atoms with Crippen molar-refractivity contribution in [3.63, 3.8) is 0 Å². The number of nitriles is 1. The Bertz CT molecular complexity index is 1880. The largest absolute Gasteiger partial charge is 0.497 e. The number of urea groups is 1. The predicted octanol–water partition coefficient (Wildman–Crippen LogP) is 3.01. The summed E-state index contributed by atoms with van der Waals surface area (Å²) in [7, 11) is -3.06. The highest BCUT2D eigenvalue weighted by atomic mass is 32.2. The van der Waals surface area contributed by atoms with E-state index in [2.05, 4.69) is 40.0 Å². The van der Waals surface area contributed by atoms with Crippen molar-refractivity contribution in [1.29, 1.82) is 5.26 Å². The third-order valence-electron chi connectivity index (χ3n) is 9.69. The van der Waals surface area contributed by atoms with Crippen LogP contribution in [0.5, 0.6) is 11.6 Å². The lowest BCUT2D eigenvalue weighted by atomic mass is 9.73. The number of nitrogens with zero attached hydrogens (tertiary/aromatic N) is 6. The van der Waals surface area contributed by atoms with Gasteiger partial charge < -0.3 is 29.5 Å². The molecule has 3 aromatic rings. The van der Waals surface area contributed by atoms with Gasteiger partial charge in [0.05, 0.1) is 41.5 Å². The van der Waals surface area contributed by atoms with Gasteiger partial charge in [0.2, 0.25) is 5.88 Å².